The van der Waals surface area contributed by atoms with Crippen LogP contribution in [0.4, 0.5) is 0 Å². The van der Waals surface area contributed by atoms with Crippen molar-refractivity contribution >= 4 is 10.0 Å². The van der Waals surface area contributed by atoms with Crippen molar-refractivity contribution in [1.29, 1.82) is 0 Å². The predicted molar refractivity (Wildman–Crippen MR) is 69.5 cm³/mol. The summed E-state index contributed by atoms with van der Waals surface area (Å²) in [6, 6.07) is 3.33. The molecule has 0 radical (unpaired) electrons. The minimum atomic E-state index is -3.46. The second kappa shape index (κ2) is 5.34. The number of sulfonamides is 1. The number of piperidine rings is 1. The van der Waals surface area contributed by atoms with Crippen molar-refractivity contribution in [3.8, 4) is 0 Å². The maximum atomic E-state index is 12.4. The van der Waals surface area contributed by atoms with Gasteiger partial charge in [0.1, 0.15) is 0 Å². The first kappa shape index (κ1) is 13.5. The maximum absolute atomic E-state index is 12.4. The van der Waals surface area contributed by atoms with E-state index in [-0.39, 0.29) is 10.9 Å². The SMILES string of the molecule is Cc1ccc(S(=O)(=O)N2CCCC(CN)C2)nc1. The van der Waals surface area contributed by atoms with E-state index in [0.717, 1.165) is 18.4 Å². The molecule has 5 nitrogen and oxygen atoms in total. The Kier molecular flexibility index (Phi) is 3.99. The van der Waals surface area contributed by atoms with Gasteiger partial charge in [-0.2, -0.15) is 4.31 Å². The highest BCUT2D eigenvalue weighted by Gasteiger charge is 2.30. The van der Waals surface area contributed by atoms with Crippen molar-refractivity contribution in [3.05, 3.63) is 23.9 Å². The molecule has 100 valence electrons. The van der Waals surface area contributed by atoms with Crippen LogP contribution in [0.25, 0.3) is 0 Å². The van der Waals surface area contributed by atoms with Gasteiger partial charge in [0.15, 0.2) is 5.03 Å². The van der Waals surface area contributed by atoms with Gasteiger partial charge in [-0.05, 0) is 43.9 Å². The molecule has 0 amide bonds. The average Bonchev–Trinajstić information content (AvgIpc) is 2.39. The maximum Gasteiger partial charge on any atom is 0.260 e. The van der Waals surface area contributed by atoms with Crippen molar-refractivity contribution in [3.63, 3.8) is 0 Å². The number of aryl methyl sites for hydroxylation is 1. The van der Waals surface area contributed by atoms with E-state index in [1.165, 1.54) is 4.31 Å². The molecule has 1 aliphatic heterocycles. The van der Waals surface area contributed by atoms with Crippen molar-refractivity contribution < 1.29 is 8.42 Å². The minimum absolute atomic E-state index is 0.130. The topological polar surface area (TPSA) is 76.3 Å². The third-order valence-electron chi connectivity index (χ3n) is 3.30. The van der Waals surface area contributed by atoms with Crippen LogP contribution < -0.4 is 5.73 Å². The van der Waals surface area contributed by atoms with Crippen LogP contribution in [0.15, 0.2) is 23.4 Å². The molecule has 2 heterocycles. The fourth-order valence-corrected chi connectivity index (χ4v) is 3.64. The van der Waals surface area contributed by atoms with Gasteiger partial charge in [-0.1, -0.05) is 6.07 Å². The number of rotatable bonds is 3. The Bertz CT molecular complexity index is 499. The number of nitrogens with two attached hydrogens (primary N) is 1. The van der Waals surface area contributed by atoms with Crippen LogP contribution in [-0.2, 0) is 10.0 Å². The Morgan fingerprint density at radius 2 is 2.28 bits per heavy atom. The Hall–Kier alpha value is -0.980. The molecule has 1 aromatic heterocycles. The summed E-state index contributed by atoms with van der Waals surface area (Å²) in [5.41, 5.74) is 6.58. The summed E-state index contributed by atoms with van der Waals surface area (Å²) < 4.78 is 26.3. The zero-order valence-corrected chi connectivity index (χ0v) is 11.4. The Morgan fingerprint density at radius 1 is 1.50 bits per heavy atom. The van der Waals surface area contributed by atoms with Gasteiger partial charge >= 0.3 is 0 Å². The molecule has 1 aromatic rings. The van der Waals surface area contributed by atoms with Crippen molar-refractivity contribution in [2.24, 2.45) is 11.7 Å². The van der Waals surface area contributed by atoms with Gasteiger partial charge in [0.25, 0.3) is 10.0 Å². The van der Waals surface area contributed by atoms with Crippen LogP contribution >= 0.6 is 0 Å². The van der Waals surface area contributed by atoms with Gasteiger partial charge in [-0.25, -0.2) is 13.4 Å². The summed E-state index contributed by atoms with van der Waals surface area (Å²) >= 11 is 0. The normalized spacial score (nSPS) is 22.0. The van der Waals surface area contributed by atoms with Crippen LogP contribution in [0.2, 0.25) is 0 Å². The smallest absolute Gasteiger partial charge is 0.260 e. The summed E-state index contributed by atoms with van der Waals surface area (Å²) in [7, 11) is -3.46. The molecule has 0 saturated carbocycles. The monoisotopic (exact) mass is 269 g/mol. The van der Waals surface area contributed by atoms with Crippen molar-refractivity contribution in [2.45, 2.75) is 24.8 Å². The third-order valence-corrected chi connectivity index (χ3v) is 5.09. The van der Waals surface area contributed by atoms with Gasteiger partial charge in [0.2, 0.25) is 0 Å². The molecular weight excluding hydrogens is 250 g/mol. The molecule has 0 aromatic carbocycles. The molecule has 1 saturated heterocycles. The Balaban J connectivity index is 2.22. The first-order chi connectivity index (χ1) is 8.54. The van der Waals surface area contributed by atoms with Gasteiger partial charge in [0, 0.05) is 19.3 Å². The summed E-state index contributed by atoms with van der Waals surface area (Å²) in [4.78, 5) is 4.02. The van der Waals surface area contributed by atoms with Crippen LogP contribution in [-0.4, -0.2) is 37.3 Å². The molecule has 1 atom stereocenters. The van der Waals surface area contributed by atoms with Crippen LogP contribution in [0.3, 0.4) is 0 Å². The average molecular weight is 269 g/mol. The summed E-state index contributed by atoms with van der Waals surface area (Å²) in [6.45, 7) is 3.49. The van der Waals surface area contributed by atoms with E-state index in [1.54, 1.807) is 18.3 Å². The van der Waals surface area contributed by atoms with Crippen LogP contribution in [0, 0.1) is 12.8 Å². The fraction of sp³-hybridized carbons (Fsp3) is 0.583. The Labute approximate surface area is 108 Å². The fourth-order valence-electron chi connectivity index (χ4n) is 2.18. The van der Waals surface area contributed by atoms with E-state index in [1.807, 2.05) is 6.92 Å². The molecule has 1 aliphatic rings. The van der Waals surface area contributed by atoms with E-state index >= 15 is 0 Å². The summed E-state index contributed by atoms with van der Waals surface area (Å²) in [5.74, 6) is 0.263. The predicted octanol–water partition coefficient (Wildman–Crippen LogP) is 0.749. The van der Waals surface area contributed by atoms with Crippen molar-refractivity contribution in [2.75, 3.05) is 19.6 Å². The van der Waals surface area contributed by atoms with Gasteiger partial charge in [-0.3, -0.25) is 0 Å². The molecule has 0 bridgehead atoms. The van der Waals surface area contributed by atoms with Crippen molar-refractivity contribution in [1.82, 2.24) is 9.29 Å². The van der Waals surface area contributed by atoms with Gasteiger partial charge in [0.05, 0.1) is 0 Å². The third kappa shape index (κ3) is 2.71. The molecule has 1 unspecified atom stereocenters. The number of aromatic nitrogens is 1. The van der Waals surface area contributed by atoms with Gasteiger partial charge < -0.3 is 5.73 Å². The quantitative estimate of drug-likeness (QED) is 0.878. The highest BCUT2D eigenvalue weighted by atomic mass is 32.2. The van der Waals surface area contributed by atoms with E-state index in [2.05, 4.69) is 4.98 Å². The minimum Gasteiger partial charge on any atom is -0.330 e. The van der Waals surface area contributed by atoms with E-state index in [9.17, 15) is 8.42 Å². The van der Waals surface area contributed by atoms with E-state index in [4.69, 9.17) is 5.73 Å². The second-order valence-electron chi connectivity index (χ2n) is 4.78. The zero-order chi connectivity index (χ0) is 13.2. The summed E-state index contributed by atoms with van der Waals surface area (Å²) in [6.07, 6.45) is 3.45. The summed E-state index contributed by atoms with van der Waals surface area (Å²) in [5, 5.41) is 0.130. The van der Waals surface area contributed by atoms with E-state index in [0.29, 0.717) is 19.6 Å². The number of nitrogens with zero attached hydrogens (tertiary/aromatic N) is 2. The largest absolute Gasteiger partial charge is 0.330 e. The van der Waals surface area contributed by atoms with Crippen LogP contribution in [0.5, 0.6) is 0 Å². The van der Waals surface area contributed by atoms with Gasteiger partial charge in [-0.15, -0.1) is 0 Å². The zero-order valence-electron chi connectivity index (χ0n) is 10.5. The number of pyridine rings is 1. The first-order valence-corrected chi connectivity index (χ1v) is 7.61. The Morgan fingerprint density at radius 3 is 2.89 bits per heavy atom. The van der Waals surface area contributed by atoms with E-state index < -0.39 is 10.0 Å². The lowest BCUT2D eigenvalue weighted by atomic mass is 10.0. The molecule has 0 spiro atoms. The number of hydrogen-bond donors (Lipinski definition) is 1. The molecule has 2 rings (SSSR count). The molecular formula is C12H19N3O2S. The molecule has 1 fully saturated rings. The standard InChI is InChI=1S/C12H19N3O2S/c1-10-4-5-12(14-8-10)18(16,17)15-6-2-3-11(7-13)9-15/h4-5,8,11H,2-3,6-7,9,13H2,1H3. The first-order valence-electron chi connectivity index (χ1n) is 6.17. The molecule has 0 aliphatic carbocycles. The van der Waals surface area contributed by atoms with Crippen LogP contribution in [0.1, 0.15) is 18.4 Å². The molecule has 2 N–H and O–H groups in total. The lowest BCUT2D eigenvalue weighted by Gasteiger charge is -2.30. The molecule has 18 heavy (non-hydrogen) atoms. The lowest BCUT2D eigenvalue weighted by molar-refractivity contribution is 0.271. The highest BCUT2D eigenvalue weighted by molar-refractivity contribution is 7.89. The second-order valence-corrected chi connectivity index (χ2v) is 6.67. The number of hydrogen-bond acceptors (Lipinski definition) is 4. The lowest BCUT2D eigenvalue weighted by Crippen LogP contribution is -2.42. The molecule has 6 heteroatoms. The highest BCUT2D eigenvalue weighted by Crippen LogP contribution is 2.22.